The van der Waals surface area contributed by atoms with Crippen LogP contribution in [-0.2, 0) is 31.2 Å². The van der Waals surface area contributed by atoms with Crippen molar-refractivity contribution in [2.24, 2.45) is 7.05 Å². The summed E-state index contributed by atoms with van der Waals surface area (Å²) in [6.07, 6.45) is 3.45. The van der Waals surface area contributed by atoms with Crippen LogP contribution in [0.4, 0.5) is 0 Å². The number of methoxy groups -OCH3 is 3. The second-order valence-corrected chi connectivity index (χ2v) is 8.56. The zero-order valence-corrected chi connectivity index (χ0v) is 22.1. The molecule has 1 heterocycles. The van der Waals surface area contributed by atoms with E-state index < -0.39 is 0 Å². The van der Waals surface area contributed by atoms with Crippen LogP contribution in [0, 0.1) is 6.92 Å². The minimum atomic E-state index is -0.0192. The molecule has 3 aromatic carbocycles. The van der Waals surface area contributed by atoms with Gasteiger partial charge in [-0.3, -0.25) is 4.79 Å². The van der Waals surface area contributed by atoms with Crippen molar-refractivity contribution >= 4 is 16.8 Å². The number of nitrogens with one attached hydrogen (secondary N) is 1. The van der Waals surface area contributed by atoms with Gasteiger partial charge in [0.05, 0.1) is 27.8 Å². The van der Waals surface area contributed by atoms with Crippen molar-refractivity contribution in [3.63, 3.8) is 0 Å². The van der Waals surface area contributed by atoms with E-state index in [1.807, 2.05) is 60.3 Å². The lowest BCUT2D eigenvalue weighted by Crippen LogP contribution is -2.24. The average molecular weight is 489 g/mol. The maximum Gasteiger partial charge on any atom is 0.224 e. The minimum Gasteiger partial charge on any atom is -0.497 e. The van der Waals surface area contributed by atoms with Crippen LogP contribution in [0.25, 0.3) is 10.9 Å². The van der Waals surface area contributed by atoms with E-state index in [9.17, 15) is 4.79 Å². The van der Waals surface area contributed by atoms with E-state index >= 15 is 0 Å². The molecule has 1 amide bonds. The van der Waals surface area contributed by atoms with Crippen molar-refractivity contribution in [3.8, 4) is 17.2 Å². The summed E-state index contributed by atoms with van der Waals surface area (Å²) in [5, 5.41) is 4.08. The summed E-state index contributed by atoms with van der Waals surface area (Å²) < 4.78 is 17.7. The van der Waals surface area contributed by atoms with E-state index in [0.29, 0.717) is 18.7 Å². The molecule has 190 valence electrons. The zero-order valence-electron chi connectivity index (χ0n) is 22.1. The van der Waals surface area contributed by atoms with E-state index in [2.05, 4.69) is 37.4 Å². The van der Waals surface area contributed by atoms with Gasteiger partial charge in [0.1, 0.15) is 17.2 Å². The van der Waals surface area contributed by atoms with E-state index in [4.69, 9.17) is 14.2 Å². The SMILES string of the molecule is CCc1ccc(OC)cc1C.COc1ccc(CNC(=O)Cc2cn(C)c3ccccc23)c(OC)c1. The third kappa shape index (κ3) is 6.60. The molecule has 0 saturated carbocycles. The topological polar surface area (TPSA) is 61.7 Å². The van der Waals surface area contributed by atoms with Gasteiger partial charge in [-0.1, -0.05) is 31.2 Å². The number of ether oxygens (including phenoxy) is 3. The molecule has 0 unspecified atom stereocenters. The van der Waals surface area contributed by atoms with E-state index in [-0.39, 0.29) is 5.91 Å². The highest BCUT2D eigenvalue weighted by atomic mass is 16.5. The molecule has 1 N–H and O–H groups in total. The second kappa shape index (κ2) is 12.7. The van der Waals surface area contributed by atoms with Gasteiger partial charge in [-0.2, -0.15) is 0 Å². The molecule has 1 aromatic heterocycles. The van der Waals surface area contributed by atoms with Gasteiger partial charge in [-0.25, -0.2) is 0 Å². The maximum absolute atomic E-state index is 12.4. The first-order valence-corrected chi connectivity index (χ1v) is 12.0. The summed E-state index contributed by atoms with van der Waals surface area (Å²) in [5.41, 5.74) is 5.77. The largest absolute Gasteiger partial charge is 0.497 e. The molecule has 0 bridgehead atoms. The van der Waals surface area contributed by atoms with Crippen LogP contribution in [0.15, 0.2) is 66.9 Å². The number of benzene rings is 3. The summed E-state index contributed by atoms with van der Waals surface area (Å²) in [5.74, 6) is 2.35. The molecule has 0 fully saturated rings. The lowest BCUT2D eigenvalue weighted by molar-refractivity contribution is -0.120. The van der Waals surface area contributed by atoms with Gasteiger partial charge < -0.3 is 24.1 Å². The van der Waals surface area contributed by atoms with Gasteiger partial charge in [-0.05, 0) is 60.4 Å². The van der Waals surface area contributed by atoms with Crippen molar-refractivity contribution in [2.75, 3.05) is 21.3 Å². The molecule has 0 spiro atoms. The number of carbonyl (C=O) groups is 1. The lowest BCUT2D eigenvalue weighted by Gasteiger charge is -2.11. The third-order valence-corrected chi connectivity index (χ3v) is 6.23. The van der Waals surface area contributed by atoms with Crippen LogP contribution >= 0.6 is 0 Å². The summed E-state index contributed by atoms with van der Waals surface area (Å²) in [6, 6.07) is 19.9. The van der Waals surface area contributed by atoms with E-state index in [1.165, 1.54) is 11.1 Å². The molecule has 4 aromatic rings. The zero-order chi connectivity index (χ0) is 26.1. The summed E-state index contributed by atoms with van der Waals surface area (Å²) in [6.45, 7) is 4.69. The van der Waals surface area contributed by atoms with Gasteiger partial charge in [0.15, 0.2) is 0 Å². The molecule has 4 rings (SSSR count). The van der Waals surface area contributed by atoms with Crippen molar-refractivity contribution in [1.29, 1.82) is 0 Å². The highest BCUT2D eigenvalue weighted by Crippen LogP contribution is 2.25. The van der Waals surface area contributed by atoms with Gasteiger partial charge >= 0.3 is 0 Å². The number of hydrogen-bond donors (Lipinski definition) is 1. The average Bonchev–Trinajstić information content (AvgIpc) is 3.22. The quantitative estimate of drug-likeness (QED) is 0.350. The fraction of sp³-hybridized carbons (Fsp3) is 0.300. The van der Waals surface area contributed by atoms with E-state index in [1.54, 1.807) is 21.3 Å². The number of aromatic nitrogens is 1. The lowest BCUT2D eigenvalue weighted by atomic mass is 10.1. The molecule has 0 aliphatic heterocycles. The van der Waals surface area contributed by atoms with Crippen LogP contribution in [0.5, 0.6) is 17.2 Å². The second-order valence-electron chi connectivity index (χ2n) is 8.56. The Kier molecular flexibility index (Phi) is 9.39. The van der Waals surface area contributed by atoms with Gasteiger partial charge in [0.25, 0.3) is 0 Å². The first-order chi connectivity index (χ1) is 17.4. The number of para-hydroxylation sites is 1. The Morgan fingerprint density at radius 1 is 0.861 bits per heavy atom. The summed E-state index contributed by atoms with van der Waals surface area (Å²) >= 11 is 0. The van der Waals surface area contributed by atoms with Gasteiger partial charge in [0, 0.05) is 42.3 Å². The Labute approximate surface area is 213 Å². The molecule has 0 atom stereocenters. The Bertz CT molecular complexity index is 1310. The van der Waals surface area contributed by atoms with Crippen molar-refractivity contribution in [3.05, 3.63) is 89.1 Å². The molecule has 6 nitrogen and oxygen atoms in total. The number of carbonyl (C=O) groups excluding carboxylic acids is 1. The molecule has 0 radical (unpaired) electrons. The standard InChI is InChI=1S/C20H22N2O3.C10H14O/c1-22-13-15(17-6-4-5-7-18(17)22)10-20(23)21-12-14-8-9-16(24-2)11-19(14)25-3;1-4-9-5-6-10(11-3)7-8(9)2/h4-9,11,13H,10,12H2,1-3H3,(H,21,23);5-7H,4H2,1-3H3. The molecule has 0 saturated heterocycles. The monoisotopic (exact) mass is 488 g/mol. The predicted molar refractivity (Wildman–Crippen MR) is 145 cm³/mol. The normalized spacial score (nSPS) is 10.4. The van der Waals surface area contributed by atoms with Crippen LogP contribution < -0.4 is 19.5 Å². The highest BCUT2D eigenvalue weighted by Gasteiger charge is 2.11. The molecular formula is C30H36N2O4. The number of hydrogen-bond acceptors (Lipinski definition) is 4. The van der Waals surface area contributed by atoms with Crippen LogP contribution in [0.3, 0.4) is 0 Å². The predicted octanol–water partition coefficient (Wildman–Crippen LogP) is 5.62. The van der Waals surface area contributed by atoms with Crippen molar-refractivity contribution in [2.45, 2.75) is 33.2 Å². The number of amides is 1. The van der Waals surface area contributed by atoms with E-state index in [0.717, 1.165) is 39.9 Å². The van der Waals surface area contributed by atoms with Gasteiger partial charge in [-0.15, -0.1) is 0 Å². The van der Waals surface area contributed by atoms with Gasteiger partial charge in [0.2, 0.25) is 5.91 Å². The minimum absolute atomic E-state index is 0.0192. The Morgan fingerprint density at radius 3 is 2.17 bits per heavy atom. The Balaban J connectivity index is 0.000000275. The molecular weight excluding hydrogens is 452 g/mol. The number of aryl methyl sites for hydroxylation is 3. The van der Waals surface area contributed by atoms with Crippen molar-refractivity contribution < 1.29 is 19.0 Å². The smallest absolute Gasteiger partial charge is 0.224 e. The van der Waals surface area contributed by atoms with Crippen LogP contribution in [0.2, 0.25) is 0 Å². The molecule has 0 aliphatic rings. The van der Waals surface area contributed by atoms with Crippen molar-refractivity contribution in [1.82, 2.24) is 9.88 Å². The fourth-order valence-electron chi connectivity index (χ4n) is 4.19. The first kappa shape index (κ1) is 26.7. The summed E-state index contributed by atoms with van der Waals surface area (Å²) in [7, 11) is 6.91. The number of fused-ring (bicyclic) bond motifs is 1. The first-order valence-electron chi connectivity index (χ1n) is 12.0. The highest BCUT2D eigenvalue weighted by molar-refractivity contribution is 5.89. The molecule has 6 heteroatoms. The third-order valence-electron chi connectivity index (χ3n) is 6.23. The Hall–Kier alpha value is -3.93. The van der Waals surface area contributed by atoms with Crippen LogP contribution in [0.1, 0.15) is 29.2 Å². The molecule has 0 aliphatic carbocycles. The van der Waals surface area contributed by atoms with Crippen LogP contribution in [-0.4, -0.2) is 31.8 Å². The number of rotatable bonds is 8. The summed E-state index contributed by atoms with van der Waals surface area (Å²) in [4.78, 5) is 12.4. The number of nitrogens with zero attached hydrogens (tertiary/aromatic N) is 1. The molecule has 36 heavy (non-hydrogen) atoms. The Morgan fingerprint density at radius 2 is 1.53 bits per heavy atom. The maximum atomic E-state index is 12.4. The fourth-order valence-corrected chi connectivity index (χ4v) is 4.19.